The first-order valence-electron chi connectivity index (χ1n) is 17.4. The van der Waals surface area contributed by atoms with Gasteiger partial charge in [-0.15, -0.1) is 0 Å². The molecule has 15 atom stereocenters. The van der Waals surface area contributed by atoms with E-state index in [1.54, 1.807) is 6.92 Å². The number of carboxylic acids is 2. The van der Waals surface area contributed by atoms with Crippen LogP contribution < -0.4 is 0 Å². The Hall–Kier alpha value is -1.52. The summed E-state index contributed by atoms with van der Waals surface area (Å²) < 4.78 is 12.3. The first-order chi connectivity index (χ1) is 20.9. The van der Waals surface area contributed by atoms with E-state index in [4.69, 9.17) is 9.47 Å². The van der Waals surface area contributed by atoms with Crippen LogP contribution >= 0.6 is 0 Å². The van der Waals surface area contributed by atoms with Crippen LogP contribution in [0, 0.1) is 56.7 Å². The second kappa shape index (κ2) is 10.7. The topological polar surface area (TPSA) is 154 Å². The van der Waals surface area contributed by atoms with Crippen LogP contribution in [0.3, 0.4) is 0 Å². The minimum Gasteiger partial charge on any atom is -0.481 e. The van der Waals surface area contributed by atoms with Gasteiger partial charge in [0.05, 0.1) is 23.0 Å². The highest BCUT2D eigenvalue weighted by atomic mass is 16.7. The number of carboxylic acid groups (broad SMARTS) is 2. The molecule has 0 spiro atoms. The van der Waals surface area contributed by atoms with Crippen LogP contribution in [0.2, 0.25) is 0 Å². The lowest BCUT2D eigenvalue weighted by atomic mass is 9.33. The van der Waals surface area contributed by atoms with E-state index in [2.05, 4.69) is 47.6 Å². The quantitative estimate of drug-likeness (QED) is 0.213. The highest BCUT2D eigenvalue weighted by Gasteiger charge is 2.73. The Kier molecular flexibility index (Phi) is 7.97. The molecule has 0 amide bonds. The normalized spacial score (nSPS) is 54.0. The predicted molar refractivity (Wildman–Crippen MR) is 166 cm³/mol. The third-order valence-electron chi connectivity index (χ3n) is 15.3. The minimum absolute atomic E-state index is 0.0958. The van der Waals surface area contributed by atoms with Crippen molar-refractivity contribution in [3.63, 3.8) is 0 Å². The molecule has 9 nitrogen and oxygen atoms in total. The summed E-state index contributed by atoms with van der Waals surface area (Å²) in [5, 5.41) is 53.2. The summed E-state index contributed by atoms with van der Waals surface area (Å²) in [7, 11) is 0. The van der Waals surface area contributed by atoms with E-state index < -0.39 is 58.9 Å². The van der Waals surface area contributed by atoms with Crippen molar-refractivity contribution in [2.45, 2.75) is 143 Å². The Morgan fingerprint density at radius 1 is 0.822 bits per heavy atom. The number of allylic oxidation sites excluding steroid dienone is 1. The molecule has 9 unspecified atom stereocenters. The fourth-order valence-electron chi connectivity index (χ4n) is 12.5. The van der Waals surface area contributed by atoms with Crippen molar-refractivity contribution in [3.8, 4) is 0 Å². The van der Waals surface area contributed by atoms with Crippen LogP contribution in [-0.2, 0) is 19.1 Å². The number of aliphatic hydroxyl groups is 3. The summed E-state index contributed by atoms with van der Waals surface area (Å²) in [6.45, 7) is 15.0. The average molecular weight is 633 g/mol. The molecule has 1 saturated heterocycles. The summed E-state index contributed by atoms with van der Waals surface area (Å²) in [4.78, 5) is 26.8. The first-order valence-corrected chi connectivity index (χ1v) is 17.4. The third kappa shape index (κ3) is 4.28. The van der Waals surface area contributed by atoms with Crippen LogP contribution in [-0.4, -0.2) is 74.3 Å². The lowest BCUT2D eigenvalue weighted by Gasteiger charge is -2.70. The minimum atomic E-state index is -1.36. The summed E-state index contributed by atoms with van der Waals surface area (Å²) >= 11 is 0. The molecule has 9 heteroatoms. The van der Waals surface area contributed by atoms with Gasteiger partial charge in [-0.2, -0.15) is 0 Å². The van der Waals surface area contributed by atoms with Gasteiger partial charge in [-0.3, -0.25) is 9.59 Å². The van der Waals surface area contributed by atoms with Gasteiger partial charge in [0.2, 0.25) is 0 Å². The number of aliphatic hydroxyl groups excluding tert-OH is 3. The van der Waals surface area contributed by atoms with Gasteiger partial charge in [0.25, 0.3) is 0 Å². The van der Waals surface area contributed by atoms with Gasteiger partial charge in [0.15, 0.2) is 6.29 Å². The van der Waals surface area contributed by atoms with Crippen molar-refractivity contribution in [2.24, 2.45) is 56.7 Å². The molecule has 0 aromatic heterocycles. The molecular formula is C36H56O9. The number of carbonyl (C=O) groups is 2. The van der Waals surface area contributed by atoms with Crippen LogP contribution in [0.25, 0.3) is 0 Å². The maximum Gasteiger partial charge on any atom is 0.314 e. The lowest BCUT2D eigenvalue weighted by molar-refractivity contribution is -0.324. The Bertz CT molecular complexity index is 1250. The van der Waals surface area contributed by atoms with E-state index in [1.165, 1.54) is 0 Å². The summed E-state index contributed by atoms with van der Waals surface area (Å²) in [5.41, 5.74) is -2.13. The zero-order valence-corrected chi connectivity index (χ0v) is 28.2. The van der Waals surface area contributed by atoms with Gasteiger partial charge in [-0.1, -0.05) is 53.2 Å². The number of hydrogen-bond donors (Lipinski definition) is 5. The van der Waals surface area contributed by atoms with Crippen molar-refractivity contribution in [1.29, 1.82) is 0 Å². The summed E-state index contributed by atoms with van der Waals surface area (Å²) in [6, 6.07) is 0. The number of aliphatic carboxylic acids is 2. The molecule has 1 heterocycles. The maximum atomic E-state index is 13.8. The standard InChI is InChI=1S/C36H56O9/c1-18-10-15-35(30(40)41)16-17-36(31(42)43)21(25(35)19(18)2)8-9-23-33(6)13-12-24(32(4,5)22(33)11-14-34(23,36)7)45-29-28(39)27(38)26(37)20(3)44-29/h8,18-20,22-29,37-39H,9-17H2,1-7H3,(H,40,41)(H,42,43)/t18?,19?,20?,22?,23-,24?,25+,26?,27?,28?,29?,33+,34-,35+,36-/m1/s1. The number of hydrogen-bond acceptors (Lipinski definition) is 7. The van der Waals surface area contributed by atoms with E-state index in [-0.39, 0.29) is 40.6 Å². The van der Waals surface area contributed by atoms with E-state index in [0.717, 1.165) is 37.7 Å². The SMILES string of the molecule is CC1CC[C@]2(C(=O)O)CC[C@]3(C(=O)O)C(=CC[C@@H]4[C@@]5(C)CCC(OC6OC(C)C(O)C(O)C6O)C(C)(C)C5CC[C@]43C)[C@@H]2C1C. The van der Waals surface area contributed by atoms with Crippen LogP contribution in [0.15, 0.2) is 11.6 Å². The third-order valence-corrected chi connectivity index (χ3v) is 15.3. The maximum absolute atomic E-state index is 13.8. The number of rotatable bonds is 4. The number of ether oxygens (including phenoxy) is 2. The average Bonchev–Trinajstić information content (AvgIpc) is 2.97. The monoisotopic (exact) mass is 632 g/mol. The van der Waals surface area contributed by atoms with Crippen molar-refractivity contribution in [3.05, 3.63) is 11.6 Å². The van der Waals surface area contributed by atoms with Crippen molar-refractivity contribution in [2.75, 3.05) is 0 Å². The second-order valence-corrected chi connectivity index (χ2v) is 17.2. The molecule has 6 rings (SSSR count). The van der Waals surface area contributed by atoms with Crippen molar-refractivity contribution in [1.82, 2.24) is 0 Å². The molecule has 0 radical (unpaired) electrons. The molecule has 5 aliphatic carbocycles. The fraction of sp³-hybridized carbons (Fsp3) is 0.889. The van der Waals surface area contributed by atoms with Gasteiger partial charge in [-0.25, -0.2) is 0 Å². The number of fused-ring (bicyclic) bond motifs is 7. The molecule has 45 heavy (non-hydrogen) atoms. The molecular weight excluding hydrogens is 576 g/mol. The van der Waals surface area contributed by atoms with Crippen molar-refractivity contribution < 1.29 is 44.6 Å². The molecule has 5 fully saturated rings. The Labute approximate surface area is 267 Å². The van der Waals surface area contributed by atoms with Crippen LogP contribution in [0.5, 0.6) is 0 Å². The molecule has 254 valence electrons. The zero-order chi connectivity index (χ0) is 33.1. The largest absolute Gasteiger partial charge is 0.481 e. The van der Waals surface area contributed by atoms with Crippen LogP contribution in [0.4, 0.5) is 0 Å². The molecule has 0 aromatic carbocycles. The Morgan fingerprint density at radius 3 is 2.16 bits per heavy atom. The van der Waals surface area contributed by atoms with Gasteiger partial charge < -0.3 is 35.0 Å². The van der Waals surface area contributed by atoms with Gasteiger partial charge in [0.1, 0.15) is 18.3 Å². The van der Waals surface area contributed by atoms with E-state index in [1.807, 2.05) is 0 Å². The van der Waals surface area contributed by atoms with E-state index >= 15 is 0 Å². The highest BCUT2D eigenvalue weighted by Crippen LogP contribution is 2.76. The van der Waals surface area contributed by atoms with Crippen LogP contribution in [0.1, 0.15) is 106 Å². The first kappa shape index (κ1) is 33.4. The van der Waals surface area contributed by atoms with Crippen molar-refractivity contribution >= 4 is 11.9 Å². The van der Waals surface area contributed by atoms with Gasteiger partial charge in [0, 0.05) is 0 Å². The molecule has 0 aromatic rings. The highest BCUT2D eigenvalue weighted by molar-refractivity contribution is 5.84. The Balaban J connectivity index is 1.35. The zero-order valence-electron chi connectivity index (χ0n) is 28.2. The molecule has 4 saturated carbocycles. The smallest absolute Gasteiger partial charge is 0.314 e. The molecule has 6 aliphatic rings. The Morgan fingerprint density at radius 2 is 1.51 bits per heavy atom. The predicted octanol–water partition coefficient (Wildman–Crippen LogP) is 5.01. The lowest BCUT2D eigenvalue weighted by Crippen LogP contribution is -2.68. The van der Waals surface area contributed by atoms with Gasteiger partial charge in [-0.05, 0) is 111 Å². The van der Waals surface area contributed by atoms with E-state index in [9.17, 15) is 35.1 Å². The molecule has 1 aliphatic heterocycles. The summed E-state index contributed by atoms with van der Waals surface area (Å²) in [5.74, 6) is -1.08. The second-order valence-electron chi connectivity index (χ2n) is 17.2. The fourth-order valence-corrected chi connectivity index (χ4v) is 12.5. The molecule has 0 bridgehead atoms. The van der Waals surface area contributed by atoms with Gasteiger partial charge >= 0.3 is 11.9 Å². The van der Waals surface area contributed by atoms with E-state index in [0.29, 0.717) is 31.6 Å². The molecule has 5 N–H and O–H groups in total. The summed E-state index contributed by atoms with van der Waals surface area (Å²) in [6.07, 6.45) is 2.36.